The molecule has 0 atom stereocenters. The summed E-state index contributed by atoms with van der Waals surface area (Å²) in [6.45, 7) is 3.47. The first kappa shape index (κ1) is 17.0. The summed E-state index contributed by atoms with van der Waals surface area (Å²) in [7, 11) is 1.49. The van der Waals surface area contributed by atoms with E-state index in [0.717, 1.165) is 0 Å². The van der Waals surface area contributed by atoms with Crippen molar-refractivity contribution in [3.05, 3.63) is 78.7 Å². The van der Waals surface area contributed by atoms with E-state index in [4.69, 9.17) is 14.9 Å². The molecule has 1 heterocycles. The minimum atomic E-state index is -0.132. The maximum atomic E-state index is 9.65. The van der Waals surface area contributed by atoms with Gasteiger partial charge in [-0.25, -0.2) is 4.98 Å². The third kappa shape index (κ3) is 4.81. The fourth-order valence-corrected chi connectivity index (χ4v) is 1.71. The fraction of sp³-hybridized carbons (Fsp3) is 0.0556. The van der Waals surface area contributed by atoms with E-state index < -0.39 is 0 Å². The van der Waals surface area contributed by atoms with Crippen molar-refractivity contribution in [3.8, 4) is 11.6 Å². The van der Waals surface area contributed by atoms with Gasteiger partial charge in [0, 0.05) is 12.1 Å². The molecule has 0 amide bonds. The van der Waals surface area contributed by atoms with E-state index in [2.05, 4.69) is 16.6 Å². The van der Waals surface area contributed by atoms with Gasteiger partial charge in [-0.15, -0.1) is 0 Å². The molecule has 2 rings (SSSR count). The summed E-state index contributed by atoms with van der Waals surface area (Å²) in [4.78, 5) is 8.22. The van der Waals surface area contributed by atoms with Crippen molar-refractivity contribution in [2.75, 3.05) is 7.11 Å². The third-order valence-corrected chi connectivity index (χ3v) is 2.84. The molecule has 0 unspecified atom stereocenters. The lowest BCUT2D eigenvalue weighted by Crippen LogP contribution is -2.11. The minimum Gasteiger partial charge on any atom is -0.508 e. The van der Waals surface area contributed by atoms with Crippen molar-refractivity contribution >= 4 is 11.7 Å². The number of aliphatic imine (C=N–C) groups is 1. The molecule has 0 aliphatic heterocycles. The maximum absolute atomic E-state index is 9.65. The number of allylic oxidation sites excluding steroid dienone is 1. The number of aliphatic hydroxyl groups is 1. The van der Waals surface area contributed by atoms with Crippen LogP contribution in [-0.2, 0) is 0 Å². The van der Waals surface area contributed by atoms with Gasteiger partial charge in [-0.3, -0.25) is 5.41 Å². The smallest absolute Gasteiger partial charge is 0.225 e. The Morgan fingerprint density at radius 3 is 2.62 bits per heavy atom. The Morgan fingerprint density at radius 1 is 1.21 bits per heavy atom. The molecule has 2 aromatic rings. The first-order chi connectivity index (χ1) is 11.6. The zero-order valence-electron chi connectivity index (χ0n) is 13.1. The normalized spacial score (nSPS) is 11.7. The molecule has 0 spiro atoms. The van der Waals surface area contributed by atoms with Crippen LogP contribution in [0.5, 0.6) is 11.6 Å². The van der Waals surface area contributed by atoms with Crippen LogP contribution in [0.1, 0.15) is 5.69 Å². The fourth-order valence-electron chi connectivity index (χ4n) is 1.71. The van der Waals surface area contributed by atoms with E-state index in [1.54, 1.807) is 42.5 Å². The summed E-state index contributed by atoms with van der Waals surface area (Å²) in [5, 5.41) is 17.7. The van der Waals surface area contributed by atoms with Crippen LogP contribution in [0.15, 0.2) is 78.0 Å². The highest BCUT2D eigenvalue weighted by Gasteiger charge is 2.07. The number of ether oxygens (including phenoxy) is 2. The van der Waals surface area contributed by atoms with Gasteiger partial charge in [0.15, 0.2) is 5.84 Å². The Labute approximate surface area is 139 Å². The van der Waals surface area contributed by atoms with Gasteiger partial charge in [-0.1, -0.05) is 30.8 Å². The summed E-state index contributed by atoms with van der Waals surface area (Å²) < 4.78 is 10.6. The zero-order valence-corrected chi connectivity index (χ0v) is 13.1. The van der Waals surface area contributed by atoms with E-state index in [0.29, 0.717) is 17.3 Å². The summed E-state index contributed by atoms with van der Waals surface area (Å²) in [5.74, 6) is 0.676. The van der Waals surface area contributed by atoms with E-state index >= 15 is 0 Å². The van der Waals surface area contributed by atoms with E-state index in [9.17, 15) is 5.11 Å². The van der Waals surface area contributed by atoms with E-state index in [1.807, 2.05) is 6.07 Å². The largest absolute Gasteiger partial charge is 0.508 e. The summed E-state index contributed by atoms with van der Waals surface area (Å²) in [6.07, 6.45) is 2.52. The van der Waals surface area contributed by atoms with Crippen LogP contribution in [0.3, 0.4) is 0 Å². The number of aliphatic hydroxyl groups excluding tert-OH is 1. The standard InChI is InChI=1S/C18H17N3O3/c1-3-13(22)12-17(24-14-8-5-4-6-9-14)21-18(19)15-10-7-11-16(20-15)23-2/h3-12,19,22H,1H2,2H3/b13-12-,19-18?,21-17+. The molecule has 122 valence electrons. The van der Waals surface area contributed by atoms with Gasteiger partial charge in [-0.05, 0) is 24.3 Å². The maximum Gasteiger partial charge on any atom is 0.225 e. The molecular formula is C18H17N3O3. The number of pyridine rings is 1. The number of rotatable bonds is 5. The molecule has 1 aromatic heterocycles. The minimum absolute atomic E-state index is 0.0354. The van der Waals surface area contributed by atoms with Crippen LogP contribution in [0.2, 0.25) is 0 Å². The molecule has 0 aliphatic carbocycles. The summed E-state index contributed by atoms with van der Waals surface area (Å²) >= 11 is 0. The van der Waals surface area contributed by atoms with Crippen LogP contribution in [-0.4, -0.2) is 28.9 Å². The van der Waals surface area contributed by atoms with Crippen molar-refractivity contribution in [2.45, 2.75) is 0 Å². The van der Waals surface area contributed by atoms with Crippen LogP contribution >= 0.6 is 0 Å². The summed E-state index contributed by atoms with van der Waals surface area (Å²) in [5.41, 5.74) is 0.315. The number of hydrogen-bond acceptors (Lipinski definition) is 5. The number of para-hydroxylation sites is 1. The van der Waals surface area contributed by atoms with E-state index in [1.165, 1.54) is 19.3 Å². The monoisotopic (exact) mass is 323 g/mol. The van der Waals surface area contributed by atoms with Crippen molar-refractivity contribution in [2.24, 2.45) is 4.99 Å². The van der Waals surface area contributed by atoms with Gasteiger partial charge in [0.25, 0.3) is 0 Å². The SMILES string of the molecule is C=C/C(O)=C/C(=N\C(=N)c1cccc(OC)n1)Oc1ccccc1. The lowest BCUT2D eigenvalue weighted by Gasteiger charge is -2.07. The summed E-state index contributed by atoms with van der Waals surface area (Å²) in [6, 6.07) is 13.9. The predicted molar refractivity (Wildman–Crippen MR) is 93.0 cm³/mol. The Morgan fingerprint density at radius 2 is 1.96 bits per heavy atom. The second kappa shape index (κ2) is 8.28. The van der Waals surface area contributed by atoms with Crippen LogP contribution in [0, 0.1) is 5.41 Å². The molecule has 24 heavy (non-hydrogen) atoms. The number of nitrogens with one attached hydrogen (secondary N) is 1. The molecule has 6 heteroatoms. The van der Waals surface area contributed by atoms with Gasteiger partial charge >= 0.3 is 0 Å². The second-order valence-electron chi connectivity index (χ2n) is 4.55. The van der Waals surface area contributed by atoms with Gasteiger partial charge in [-0.2, -0.15) is 4.99 Å². The van der Waals surface area contributed by atoms with Crippen molar-refractivity contribution < 1.29 is 14.6 Å². The van der Waals surface area contributed by atoms with Crippen molar-refractivity contribution in [1.82, 2.24) is 4.98 Å². The number of amidine groups is 1. The van der Waals surface area contributed by atoms with Crippen molar-refractivity contribution in [3.63, 3.8) is 0 Å². The molecule has 0 aliphatic rings. The molecule has 2 N–H and O–H groups in total. The Bertz CT molecular complexity index is 783. The Balaban J connectivity index is 2.32. The van der Waals surface area contributed by atoms with Gasteiger partial charge in [0.05, 0.1) is 7.11 Å². The second-order valence-corrected chi connectivity index (χ2v) is 4.55. The average molecular weight is 323 g/mol. The van der Waals surface area contributed by atoms with Crippen molar-refractivity contribution in [1.29, 1.82) is 5.41 Å². The zero-order chi connectivity index (χ0) is 17.4. The highest BCUT2D eigenvalue weighted by molar-refractivity contribution is 6.05. The molecule has 0 fully saturated rings. The average Bonchev–Trinajstić information content (AvgIpc) is 2.62. The molecule has 0 saturated carbocycles. The molecule has 0 bridgehead atoms. The topological polar surface area (TPSA) is 87.8 Å². The number of aromatic nitrogens is 1. The van der Waals surface area contributed by atoms with Gasteiger partial charge in [0.2, 0.25) is 11.8 Å². The van der Waals surface area contributed by atoms with E-state index in [-0.39, 0.29) is 17.5 Å². The lowest BCUT2D eigenvalue weighted by atomic mass is 10.3. The first-order valence-electron chi connectivity index (χ1n) is 7.07. The number of benzene rings is 1. The third-order valence-electron chi connectivity index (χ3n) is 2.84. The first-order valence-corrected chi connectivity index (χ1v) is 7.07. The van der Waals surface area contributed by atoms with Gasteiger partial charge in [0.1, 0.15) is 17.2 Å². The van der Waals surface area contributed by atoms with Crippen LogP contribution in [0.4, 0.5) is 0 Å². The highest BCUT2D eigenvalue weighted by Crippen LogP contribution is 2.12. The number of hydrogen-bond donors (Lipinski definition) is 2. The molecule has 0 radical (unpaired) electrons. The Kier molecular flexibility index (Phi) is 5.85. The molecular weight excluding hydrogens is 306 g/mol. The molecule has 1 aromatic carbocycles. The van der Waals surface area contributed by atoms with Crippen LogP contribution < -0.4 is 9.47 Å². The molecule has 6 nitrogen and oxygen atoms in total. The lowest BCUT2D eigenvalue weighted by molar-refractivity contribution is 0.397. The highest BCUT2D eigenvalue weighted by atomic mass is 16.5. The van der Waals surface area contributed by atoms with Gasteiger partial charge < -0.3 is 14.6 Å². The number of nitrogens with zero attached hydrogens (tertiary/aromatic N) is 2. The quantitative estimate of drug-likeness (QED) is 0.381. The molecule has 0 saturated heterocycles. The van der Waals surface area contributed by atoms with Crippen LogP contribution in [0.25, 0.3) is 0 Å². The Hall–Kier alpha value is -3.41. The predicted octanol–water partition coefficient (Wildman–Crippen LogP) is 3.52. The number of methoxy groups -OCH3 is 1.